The maximum absolute atomic E-state index is 5.83. The van der Waals surface area contributed by atoms with Crippen LogP contribution in [0.1, 0.15) is 31.2 Å². The van der Waals surface area contributed by atoms with E-state index in [1.165, 1.54) is 24.9 Å². The van der Waals surface area contributed by atoms with Crippen molar-refractivity contribution >= 4 is 0 Å². The normalized spacial score (nSPS) is 25.6. The number of piperidine rings is 1. The van der Waals surface area contributed by atoms with Gasteiger partial charge in [0.25, 0.3) is 0 Å². The van der Waals surface area contributed by atoms with Gasteiger partial charge in [-0.05, 0) is 55.8 Å². The van der Waals surface area contributed by atoms with Crippen molar-refractivity contribution in [2.45, 2.75) is 38.3 Å². The van der Waals surface area contributed by atoms with Crippen molar-refractivity contribution in [2.75, 3.05) is 40.0 Å². The van der Waals surface area contributed by atoms with E-state index in [4.69, 9.17) is 14.2 Å². The van der Waals surface area contributed by atoms with Crippen molar-refractivity contribution < 1.29 is 14.2 Å². The van der Waals surface area contributed by atoms with Crippen LogP contribution in [0.15, 0.2) is 24.3 Å². The summed E-state index contributed by atoms with van der Waals surface area (Å²) in [4.78, 5) is 2.54. The van der Waals surface area contributed by atoms with Gasteiger partial charge in [0.2, 0.25) is 0 Å². The Labute approximate surface area is 139 Å². The summed E-state index contributed by atoms with van der Waals surface area (Å²) < 4.78 is 16.7. The molecule has 0 saturated carbocycles. The van der Waals surface area contributed by atoms with Gasteiger partial charge in [-0.3, -0.25) is 4.90 Å². The van der Waals surface area contributed by atoms with Crippen LogP contribution in [0.5, 0.6) is 5.75 Å². The zero-order valence-electron chi connectivity index (χ0n) is 14.2. The molecule has 0 radical (unpaired) electrons. The Kier molecular flexibility index (Phi) is 6.31. The highest BCUT2D eigenvalue weighted by Crippen LogP contribution is 2.21. The molecule has 0 unspecified atom stereocenters. The van der Waals surface area contributed by atoms with E-state index in [1.807, 2.05) is 0 Å². The Morgan fingerprint density at radius 3 is 2.74 bits per heavy atom. The van der Waals surface area contributed by atoms with E-state index in [9.17, 15) is 0 Å². The van der Waals surface area contributed by atoms with Gasteiger partial charge in [0.1, 0.15) is 12.4 Å². The van der Waals surface area contributed by atoms with Crippen molar-refractivity contribution in [3.05, 3.63) is 29.8 Å². The number of benzene rings is 1. The van der Waals surface area contributed by atoms with Gasteiger partial charge < -0.3 is 14.2 Å². The fraction of sp³-hybridized carbons (Fsp3) is 0.684. The summed E-state index contributed by atoms with van der Waals surface area (Å²) in [7, 11) is 1.80. The van der Waals surface area contributed by atoms with Gasteiger partial charge in [-0.25, -0.2) is 0 Å². The van der Waals surface area contributed by atoms with Crippen LogP contribution in [0.3, 0.4) is 0 Å². The van der Waals surface area contributed by atoms with Crippen LogP contribution in [0.25, 0.3) is 0 Å². The SMILES string of the molecule is COC[C@H]1CCCN(Cc2ccc(OC[C@H]3CCCO3)cc2)C1. The molecule has 2 saturated heterocycles. The van der Waals surface area contributed by atoms with E-state index in [2.05, 4.69) is 29.2 Å². The van der Waals surface area contributed by atoms with Gasteiger partial charge in [0.15, 0.2) is 0 Å². The van der Waals surface area contributed by atoms with E-state index in [1.54, 1.807) is 7.11 Å². The molecule has 23 heavy (non-hydrogen) atoms. The smallest absolute Gasteiger partial charge is 0.119 e. The first-order valence-electron chi connectivity index (χ1n) is 8.88. The Bertz CT molecular complexity index is 454. The second-order valence-corrected chi connectivity index (χ2v) is 6.79. The molecule has 2 aliphatic heterocycles. The highest BCUT2D eigenvalue weighted by molar-refractivity contribution is 5.27. The summed E-state index contributed by atoms with van der Waals surface area (Å²) in [5.41, 5.74) is 1.35. The highest BCUT2D eigenvalue weighted by Gasteiger charge is 2.20. The Hall–Kier alpha value is -1.10. The molecule has 0 amide bonds. The quantitative estimate of drug-likeness (QED) is 0.773. The minimum Gasteiger partial charge on any atom is -0.491 e. The molecular formula is C19H29NO3. The summed E-state index contributed by atoms with van der Waals surface area (Å²) in [6, 6.07) is 8.54. The molecule has 2 aliphatic rings. The molecule has 1 aromatic rings. The van der Waals surface area contributed by atoms with Gasteiger partial charge in [0.05, 0.1) is 12.7 Å². The summed E-state index contributed by atoms with van der Waals surface area (Å²) in [5.74, 6) is 1.63. The van der Waals surface area contributed by atoms with Crippen LogP contribution >= 0.6 is 0 Å². The van der Waals surface area contributed by atoms with Crippen molar-refractivity contribution in [1.82, 2.24) is 4.90 Å². The average molecular weight is 319 g/mol. The summed E-state index contributed by atoms with van der Waals surface area (Å²) >= 11 is 0. The topological polar surface area (TPSA) is 30.9 Å². The van der Waals surface area contributed by atoms with Crippen molar-refractivity contribution in [2.24, 2.45) is 5.92 Å². The lowest BCUT2D eigenvalue weighted by atomic mass is 9.98. The van der Waals surface area contributed by atoms with E-state index in [-0.39, 0.29) is 6.10 Å². The zero-order chi connectivity index (χ0) is 15.9. The molecule has 2 heterocycles. The van der Waals surface area contributed by atoms with Gasteiger partial charge >= 0.3 is 0 Å². The van der Waals surface area contributed by atoms with Crippen molar-refractivity contribution in [3.63, 3.8) is 0 Å². The number of nitrogens with zero attached hydrogens (tertiary/aromatic N) is 1. The molecule has 3 rings (SSSR count). The third-order valence-corrected chi connectivity index (χ3v) is 4.79. The number of rotatable bonds is 7. The first-order chi connectivity index (χ1) is 11.3. The number of likely N-dealkylation sites (tertiary alicyclic amines) is 1. The fourth-order valence-electron chi connectivity index (χ4n) is 3.58. The lowest BCUT2D eigenvalue weighted by Gasteiger charge is -2.32. The maximum atomic E-state index is 5.83. The second-order valence-electron chi connectivity index (χ2n) is 6.79. The largest absolute Gasteiger partial charge is 0.491 e. The summed E-state index contributed by atoms with van der Waals surface area (Å²) in [6.45, 7) is 5.79. The van der Waals surface area contributed by atoms with Gasteiger partial charge in [0, 0.05) is 26.8 Å². The maximum Gasteiger partial charge on any atom is 0.119 e. The van der Waals surface area contributed by atoms with Crippen LogP contribution in [0.2, 0.25) is 0 Å². The molecule has 2 fully saturated rings. The number of hydrogen-bond donors (Lipinski definition) is 0. The third-order valence-electron chi connectivity index (χ3n) is 4.79. The first kappa shape index (κ1) is 16.7. The minimum absolute atomic E-state index is 0.278. The monoisotopic (exact) mass is 319 g/mol. The molecule has 4 heteroatoms. The fourth-order valence-corrected chi connectivity index (χ4v) is 3.58. The van der Waals surface area contributed by atoms with E-state index in [0.29, 0.717) is 12.5 Å². The average Bonchev–Trinajstić information content (AvgIpc) is 3.08. The molecule has 0 aliphatic carbocycles. The zero-order valence-corrected chi connectivity index (χ0v) is 14.2. The molecule has 0 spiro atoms. The molecule has 0 N–H and O–H groups in total. The van der Waals surface area contributed by atoms with Gasteiger partial charge in [-0.2, -0.15) is 0 Å². The van der Waals surface area contributed by atoms with Crippen molar-refractivity contribution in [3.8, 4) is 5.75 Å². The lowest BCUT2D eigenvalue weighted by Crippen LogP contribution is -2.36. The minimum atomic E-state index is 0.278. The van der Waals surface area contributed by atoms with Crippen LogP contribution in [0, 0.1) is 5.92 Å². The molecule has 128 valence electrons. The van der Waals surface area contributed by atoms with E-state index < -0.39 is 0 Å². The summed E-state index contributed by atoms with van der Waals surface area (Å²) in [5, 5.41) is 0. The predicted molar refractivity (Wildman–Crippen MR) is 90.8 cm³/mol. The molecule has 1 aromatic carbocycles. The molecule has 0 aromatic heterocycles. The molecular weight excluding hydrogens is 290 g/mol. The van der Waals surface area contributed by atoms with Crippen LogP contribution in [-0.2, 0) is 16.0 Å². The van der Waals surface area contributed by atoms with Gasteiger partial charge in [-0.1, -0.05) is 12.1 Å². The predicted octanol–water partition coefficient (Wildman–Crippen LogP) is 3.10. The molecule has 0 bridgehead atoms. The van der Waals surface area contributed by atoms with E-state index in [0.717, 1.165) is 44.9 Å². The number of hydrogen-bond acceptors (Lipinski definition) is 4. The first-order valence-corrected chi connectivity index (χ1v) is 8.88. The van der Waals surface area contributed by atoms with E-state index >= 15 is 0 Å². The number of ether oxygens (including phenoxy) is 3. The molecule has 4 nitrogen and oxygen atoms in total. The Morgan fingerprint density at radius 2 is 2.00 bits per heavy atom. The van der Waals surface area contributed by atoms with Crippen LogP contribution < -0.4 is 4.74 Å². The van der Waals surface area contributed by atoms with Crippen LogP contribution in [-0.4, -0.2) is 51.0 Å². The van der Waals surface area contributed by atoms with Crippen molar-refractivity contribution in [1.29, 1.82) is 0 Å². The van der Waals surface area contributed by atoms with Gasteiger partial charge in [-0.15, -0.1) is 0 Å². The second kappa shape index (κ2) is 8.67. The lowest BCUT2D eigenvalue weighted by molar-refractivity contribution is 0.0679. The number of methoxy groups -OCH3 is 1. The molecule has 2 atom stereocenters. The Morgan fingerprint density at radius 1 is 1.13 bits per heavy atom. The summed E-state index contributed by atoms with van der Waals surface area (Å²) in [6.07, 6.45) is 5.13. The standard InChI is InChI=1S/C19H29NO3/c1-21-14-17-4-2-10-20(13-17)12-16-6-8-18(9-7-16)23-15-19-5-3-11-22-19/h6-9,17,19H,2-5,10-15H2,1H3/t17-,19+/m0/s1. The highest BCUT2D eigenvalue weighted by atomic mass is 16.5. The van der Waals surface area contributed by atoms with Crippen LogP contribution in [0.4, 0.5) is 0 Å². The Balaban J connectivity index is 1.45. The third kappa shape index (κ3) is 5.20.